The van der Waals surface area contributed by atoms with Crippen LogP contribution >= 0.6 is 0 Å². The van der Waals surface area contributed by atoms with Crippen LogP contribution in [0.4, 0.5) is 11.5 Å². The highest BCUT2D eigenvalue weighted by Gasteiger charge is 2.13. The Balaban J connectivity index is 1.68. The summed E-state index contributed by atoms with van der Waals surface area (Å²) >= 11 is 0. The maximum absolute atomic E-state index is 11.6. The van der Waals surface area contributed by atoms with E-state index in [1.807, 2.05) is 19.0 Å². The highest BCUT2D eigenvalue weighted by Crippen LogP contribution is 2.13. The van der Waals surface area contributed by atoms with Crippen molar-refractivity contribution >= 4 is 23.3 Å². The maximum Gasteiger partial charge on any atom is 0.314 e. The number of hydrogen-bond donors (Lipinski definition) is 2. The van der Waals surface area contributed by atoms with E-state index in [1.54, 1.807) is 0 Å². The lowest BCUT2D eigenvalue weighted by molar-refractivity contribution is -0.136. The fraction of sp³-hybridized carbons (Fsp3) is 0.312. The minimum Gasteiger partial charge on any atom is -0.378 e. The molecule has 0 radical (unpaired) electrons. The summed E-state index contributed by atoms with van der Waals surface area (Å²) in [4.78, 5) is 25.2. The van der Waals surface area contributed by atoms with Gasteiger partial charge in [0.15, 0.2) is 5.82 Å². The molecule has 0 aliphatic rings. The van der Waals surface area contributed by atoms with E-state index < -0.39 is 11.8 Å². The predicted octanol–water partition coefficient (Wildman–Crippen LogP) is 1.43. The van der Waals surface area contributed by atoms with Crippen LogP contribution in [0.1, 0.15) is 12.0 Å². The third-order valence-electron chi connectivity index (χ3n) is 3.27. The van der Waals surface area contributed by atoms with Crippen LogP contribution in [-0.2, 0) is 16.0 Å². The zero-order chi connectivity index (χ0) is 16.7. The Hall–Kier alpha value is -2.83. The molecule has 0 saturated carbocycles. The van der Waals surface area contributed by atoms with Gasteiger partial charge in [-0.2, -0.15) is 0 Å². The van der Waals surface area contributed by atoms with E-state index in [4.69, 9.17) is 0 Å². The molecule has 0 spiro atoms. The summed E-state index contributed by atoms with van der Waals surface area (Å²) in [5.41, 5.74) is 2.34. The molecule has 0 aliphatic heterocycles. The van der Waals surface area contributed by atoms with Crippen molar-refractivity contribution in [3.63, 3.8) is 0 Å². The van der Waals surface area contributed by atoms with Crippen LogP contribution in [-0.4, -0.2) is 37.6 Å². The zero-order valence-corrected chi connectivity index (χ0v) is 13.2. The van der Waals surface area contributed by atoms with Crippen LogP contribution in [0, 0.1) is 0 Å². The van der Waals surface area contributed by atoms with E-state index >= 15 is 0 Å². The smallest absolute Gasteiger partial charge is 0.314 e. The van der Waals surface area contributed by atoms with Crippen molar-refractivity contribution in [3.8, 4) is 0 Å². The molecule has 0 fully saturated rings. The van der Waals surface area contributed by atoms with E-state index in [0.29, 0.717) is 6.54 Å². The lowest BCUT2D eigenvalue weighted by atomic mass is 10.1. The first-order chi connectivity index (χ1) is 11.1. The molecule has 7 nitrogen and oxygen atoms in total. The fourth-order valence-corrected chi connectivity index (χ4v) is 1.99. The van der Waals surface area contributed by atoms with Gasteiger partial charge in [-0.05, 0) is 30.5 Å². The van der Waals surface area contributed by atoms with Crippen molar-refractivity contribution in [2.75, 3.05) is 30.9 Å². The number of amides is 2. The average molecular weight is 316 g/mol. The number of aromatic nitrogens is 1. The molecule has 1 aromatic heterocycles. The largest absolute Gasteiger partial charge is 0.378 e. The Morgan fingerprint density at radius 1 is 1.13 bits per heavy atom. The van der Waals surface area contributed by atoms with Gasteiger partial charge in [0.05, 0.1) is 0 Å². The molecule has 0 unspecified atom stereocenters. The van der Waals surface area contributed by atoms with Gasteiger partial charge in [0.1, 0.15) is 6.26 Å². The lowest BCUT2D eigenvalue weighted by Crippen LogP contribution is -2.36. The molecule has 0 atom stereocenters. The average Bonchev–Trinajstić information content (AvgIpc) is 3.04. The summed E-state index contributed by atoms with van der Waals surface area (Å²) in [6.07, 6.45) is 2.90. The van der Waals surface area contributed by atoms with Crippen molar-refractivity contribution in [1.29, 1.82) is 0 Å². The fourth-order valence-electron chi connectivity index (χ4n) is 1.99. The van der Waals surface area contributed by atoms with Gasteiger partial charge in [0.2, 0.25) is 0 Å². The van der Waals surface area contributed by atoms with E-state index in [2.05, 4.69) is 44.6 Å². The molecule has 7 heteroatoms. The topological polar surface area (TPSA) is 87.5 Å². The normalized spacial score (nSPS) is 10.2. The minimum absolute atomic E-state index is 0.214. The first-order valence-electron chi connectivity index (χ1n) is 7.32. The number of rotatable bonds is 6. The Bertz CT molecular complexity index is 636. The highest BCUT2D eigenvalue weighted by atomic mass is 16.5. The summed E-state index contributed by atoms with van der Waals surface area (Å²) in [5, 5.41) is 8.42. The summed E-state index contributed by atoms with van der Waals surface area (Å²) in [5.74, 6) is -1.23. The van der Waals surface area contributed by atoms with Gasteiger partial charge in [-0.15, -0.1) is 0 Å². The van der Waals surface area contributed by atoms with E-state index in [9.17, 15) is 9.59 Å². The molecule has 0 aliphatic carbocycles. The van der Waals surface area contributed by atoms with Crippen molar-refractivity contribution in [3.05, 3.63) is 42.2 Å². The quantitative estimate of drug-likeness (QED) is 0.622. The lowest BCUT2D eigenvalue weighted by Gasteiger charge is -2.12. The summed E-state index contributed by atoms with van der Waals surface area (Å²) in [7, 11) is 3.99. The first-order valence-corrected chi connectivity index (χ1v) is 7.32. The van der Waals surface area contributed by atoms with Crippen LogP contribution in [0.3, 0.4) is 0 Å². The number of carbonyl (C=O) groups is 2. The summed E-state index contributed by atoms with van der Waals surface area (Å²) < 4.78 is 4.57. The molecule has 1 heterocycles. The Morgan fingerprint density at radius 3 is 2.48 bits per heavy atom. The SMILES string of the molecule is CN(C)c1ccc(CCCNC(=O)C(=O)Nc2ccon2)cc1. The second-order valence-corrected chi connectivity index (χ2v) is 5.26. The molecular formula is C16H20N4O3. The molecule has 0 saturated heterocycles. The standard InChI is InChI=1S/C16H20N4O3/c1-20(2)13-7-5-12(6-8-13)4-3-10-17-15(21)16(22)18-14-9-11-23-19-14/h5-9,11H,3-4,10H2,1-2H3,(H,17,21)(H,18,19,22). The molecular weight excluding hydrogens is 296 g/mol. The van der Waals surface area contributed by atoms with Crippen molar-refractivity contribution < 1.29 is 14.1 Å². The van der Waals surface area contributed by atoms with Gasteiger partial charge >= 0.3 is 11.8 Å². The number of nitrogens with one attached hydrogen (secondary N) is 2. The molecule has 1 aromatic carbocycles. The number of hydrogen-bond acceptors (Lipinski definition) is 5. The predicted molar refractivity (Wildman–Crippen MR) is 87.2 cm³/mol. The first kappa shape index (κ1) is 16.5. The summed E-state index contributed by atoms with van der Waals surface area (Å²) in [6.45, 7) is 0.431. The van der Waals surface area contributed by atoms with Crippen molar-refractivity contribution in [2.24, 2.45) is 0 Å². The van der Waals surface area contributed by atoms with Gasteiger partial charge < -0.3 is 14.7 Å². The summed E-state index contributed by atoms with van der Waals surface area (Å²) in [6, 6.07) is 9.70. The van der Waals surface area contributed by atoms with Gasteiger partial charge in [-0.25, -0.2) is 0 Å². The Morgan fingerprint density at radius 2 is 1.87 bits per heavy atom. The minimum atomic E-state index is -0.755. The Labute approximate surface area is 134 Å². The van der Waals surface area contributed by atoms with Gasteiger partial charge in [-0.1, -0.05) is 17.3 Å². The van der Waals surface area contributed by atoms with Crippen molar-refractivity contribution in [1.82, 2.24) is 10.5 Å². The number of aryl methyl sites for hydroxylation is 1. The number of anilines is 2. The molecule has 0 bridgehead atoms. The van der Waals surface area contributed by atoms with E-state index in [0.717, 1.165) is 18.5 Å². The molecule has 2 rings (SSSR count). The van der Waals surface area contributed by atoms with E-state index in [1.165, 1.54) is 17.9 Å². The van der Waals surface area contributed by atoms with Gasteiger partial charge in [0, 0.05) is 32.4 Å². The number of nitrogens with zero attached hydrogens (tertiary/aromatic N) is 2. The monoisotopic (exact) mass is 316 g/mol. The number of benzene rings is 1. The highest BCUT2D eigenvalue weighted by molar-refractivity contribution is 6.39. The second kappa shape index (κ2) is 7.98. The van der Waals surface area contributed by atoms with Crippen LogP contribution < -0.4 is 15.5 Å². The molecule has 122 valence electrons. The second-order valence-electron chi connectivity index (χ2n) is 5.26. The van der Waals surface area contributed by atoms with Crippen LogP contribution in [0.5, 0.6) is 0 Å². The maximum atomic E-state index is 11.6. The van der Waals surface area contributed by atoms with Crippen molar-refractivity contribution in [2.45, 2.75) is 12.8 Å². The Kier molecular flexibility index (Phi) is 5.74. The van der Waals surface area contributed by atoms with Crippen LogP contribution in [0.2, 0.25) is 0 Å². The van der Waals surface area contributed by atoms with Crippen LogP contribution in [0.15, 0.2) is 41.1 Å². The third-order valence-corrected chi connectivity index (χ3v) is 3.27. The third kappa shape index (κ3) is 5.14. The molecule has 23 heavy (non-hydrogen) atoms. The number of carbonyl (C=O) groups excluding carboxylic acids is 2. The van der Waals surface area contributed by atoms with Gasteiger partial charge in [0.25, 0.3) is 0 Å². The van der Waals surface area contributed by atoms with Gasteiger partial charge in [-0.3, -0.25) is 14.9 Å². The zero-order valence-electron chi connectivity index (χ0n) is 13.2. The molecule has 2 amide bonds. The molecule has 2 N–H and O–H groups in total. The van der Waals surface area contributed by atoms with Crippen LogP contribution in [0.25, 0.3) is 0 Å². The molecule has 2 aromatic rings. The van der Waals surface area contributed by atoms with E-state index in [-0.39, 0.29) is 5.82 Å².